The van der Waals surface area contributed by atoms with Crippen molar-refractivity contribution in [3.05, 3.63) is 34.9 Å². The number of carboxylic acids is 1. The van der Waals surface area contributed by atoms with Gasteiger partial charge in [-0.2, -0.15) is 0 Å². The van der Waals surface area contributed by atoms with Crippen molar-refractivity contribution in [1.82, 2.24) is 4.90 Å². The van der Waals surface area contributed by atoms with Crippen LogP contribution >= 0.6 is 0 Å². The number of hydrogen-bond acceptors (Lipinski definition) is 3. The van der Waals surface area contributed by atoms with Gasteiger partial charge in [0.25, 0.3) is 0 Å². The molecule has 4 nitrogen and oxygen atoms in total. The molecule has 98 valence electrons. The van der Waals surface area contributed by atoms with Crippen molar-refractivity contribution in [2.75, 3.05) is 26.3 Å². The number of ether oxygens (including phenoxy) is 1. The zero-order chi connectivity index (χ0) is 13.1. The number of carbonyl (C=O) groups is 1. The van der Waals surface area contributed by atoms with Crippen LogP contribution in [0.3, 0.4) is 0 Å². The highest BCUT2D eigenvalue weighted by molar-refractivity contribution is 5.76. The lowest BCUT2D eigenvalue weighted by Crippen LogP contribution is -2.42. The van der Waals surface area contributed by atoms with E-state index >= 15 is 0 Å². The molecule has 2 rings (SSSR count). The van der Waals surface area contributed by atoms with Crippen LogP contribution in [0.1, 0.15) is 22.7 Å². The molecule has 1 fully saturated rings. The van der Waals surface area contributed by atoms with Gasteiger partial charge >= 0.3 is 5.97 Å². The van der Waals surface area contributed by atoms with E-state index in [9.17, 15) is 9.90 Å². The van der Waals surface area contributed by atoms with Crippen LogP contribution in [0.15, 0.2) is 18.2 Å². The Morgan fingerprint density at radius 2 is 2.00 bits per heavy atom. The minimum Gasteiger partial charge on any atom is -0.480 e. The molecule has 1 aliphatic rings. The zero-order valence-corrected chi connectivity index (χ0v) is 10.8. The van der Waals surface area contributed by atoms with Gasteiger partial charge in [-0.3, -0.25) is 9.69 Å². The van der Waals surface area contributed by atoms with Gasteiger partial charge in [-0.1, -0.05) is 23.8 Å². The molecule has 1 aromatic rings. The van der Waals surface area contributed by atoms with Crippen LogP contribution in [0.2, 0.25) is 0 Å². The summed E-state index contributed by atoms with van der Waals surface area (Å²) >= 11 is 0. The van der Waals surface area contributed by atoms with Gasteiger partial charge < -0.3 is 9.84 Å². The number of benzene rings is 1. The SMILES string of the molecule is Cc1ccc(C)c(C(C(=O)O)N2CCOCC2)c1. The van der Waals surface area contributed by atoms with E-state index < -0.39 is 12.0 Å². The zero-order valence-electron chi connectivity index (χ0n) is 10.8. The Balaban J connectivity index is 2.34. The van der Waals surface area contributed by atoms with Crippen molar-refractivity contribution in [3.63, 3.8) is 0 Å². The molecule has 1 saturated heterocycles. The summed E-state index contributed by atoms with van der Waals surface area (Å²) < 4.78 is 5.28. The van der Waals surface area contributed by atoms with E-state index in [4.69, 9.17) is 4.74 Å². The highest BCUT2D eigenvalue weighted by Gasteiger charge is 2.29. The van der Waals surface area contributed by atoms with Gasteiger partial charge in [0, 0.05) is 13.1 Å². The Hall–Kier alpha value is -1.39. The second kappa shape index (κ2) is 5.50. The second-order valence-electron chi connectivity index (χ2n) is 4.75. The van der Waals surface area contributed by atoms with E-state index in [2.05, 4.69) is 0 Å². The van der Waals surface area contributed by atoms with Crippen molar-refractivity contribution < 1.29 is 14.6 Å². The van der Waals surface area contributed by atoms with Crippen molar-refractivity contribution in [1.29, 1.82) is 0 Å². The molecule has 1 aromatic carbocycles. The molecule has 0 aliphatic carbocycles. The van der Waals surface area contributed by atoms with Crippen molar-refractivity contribution in [3.8, 4) is 0 Å². The Morgan fingerprint density at radius 1 is 1.33 bits per heavy atom. The van der Waals surface area contributed by atoms with Crippen LogP contribution in [0, 0.1) is 13.8 Å². The number of hydrogen-bond donors (Lipinski definition) is 1. The molecule has 0 saturated carbocycles. The smallest absolute Gasteiger partial charge is 0.325 e. The minimum absolute atomic E-state index is 0.561. The van der Waals surface area contributed by atoms with Crippen LogP contribution in [0.4, 0.5) is 0 Å². The van der Waals surface area contributed by atoms with E-state index in [-0.39, 0.29) is 0 Å². The number of aryl methyl sites for hydroxylation is 2. The average Bonchev–Trinajstić information content (AvgIpc) is 2.35. The molecule has 1 aliphatic heterocycles. The van der Waals surface area contributed by atoms with E-state index in [0.717, 1.165) is 16.7 Å². The van der Waals surface area contributed by atoms with Gasteiger partial charge in [0.2, 0.25) is 0 Å². The highest BCUT2D eigenvalue weighted by atomic mass is 16.5. The van der Waals surface area contributed by atoms with E-state index in [1.54, 1.807) is 0 Å². The summed E-state index contributed by atoms with van der Waals surface area (Å²) in [7, 11) is 0. The second-order valence-corrected chi connectivity index (χ2v) is 4.75. The Morgan fingerprint density at radius 3 is 2.61 bits per heavy atom. The van der Waals surface area contributed by atoms with Gasteiger partial charge in [0.15, 0.2) is 0 Å². The summed E-state index contributed by atoms with van der Waals surface area (Å²) in [5, 5.41) is 9.51. The number of carboxylic acid groups (broad SMARTS) is 1. The maximum atomic E-state index is 11.6. The van der Waals surface area contributed by atoms with E-state index in [0.29, 0.717) is 26.3 Å². The molecule has 18 heavy (non-hydrogen) atoms. The Kier molecular flexibility index (Phi) is 3.99. The molecule has 4 heteroatoms. The maximum Gasteiger partial charge on any atom is 0.325 e. The summed E-state index contributed by atoms with van der Waals surface area (Å²) in [6.45, 7) is 6.50. The third kappa shape index (κ3) is 2.71. The quantitative estimate of drug-likeness (QED) is 0.887. The fraction of sp³-hybridized carbons (Fsp3) is 0.500. The number of morpholine rings is 1. The number of rotatable bonds is 3. The van der Waals surface area contributed by atoms with Gasteiger partial charge in [0.05, 0.1) is 13.2 Å². The molecule has 1 heterocycles. The molecule has 1 atom stereocenters. The molecule has 0 aromatic heterocycles. The minimum atomic E-state index is -0.786. The van der Waals surface area contributed by atoms with Crippen LogP contribution in [-0.4, -0.2) is 42.3 Å². The summed E-state index contributed by atoms with van der Waals surface area (Å²) in [5.74, 6) is -0.786. The van der Waals surface area contributed by atoms with Crippen LogP contribution < -0.4 is 0 Å². The first kappa shape index (κ1) is 13.1. The fourth-order valence-electron chi connectivity index (χ4n) is 2.38. The first-order chi connectivity index (χ1) is 8.59. The molecular weight excluding hydrogens is 230 g/mol. The fourth-order valence-corrected chi connectivity index (χ4v) is 2.38. The standard InChI is InChI=1S/C14H19NO3/c1-10-3-4-11(2)12(9-10)13(14(16)17)15-5-7-18-8-6-15/h3-4,9,13H,5-8H2,1-2H3,(H,16,17). The van der Waals surface area contributed by atoms with Crippen LogP contribution in [0.5, 0.6) is 0 Å². The van der Waals surface area contributed by atoms with Crippen LogP contribution in [0.25, 0.3) is 0 Å². The first-order valence-corrected chi connectivity index (χ1v) is 6.21. The number of nitrogens with zero attached hydrogens (tertiary/aromatic N) is 1. The summed E-state index contributed by atoms with van der Waals surface area (Å²) in [4.78, 5) is 13.6. The Labute approximate surface area is 107 Å². The predicted octanol–water partition coefficient (Wildman–Crippen LogP) is 1.76. The molecule has 0 bridgehead atoms. The molecule has 0 spiro atoms. The summed E-state index contributed by atoms with van der Waals surface area (Å²) in [5.41, 5.74) is 3.01. The average molecular weight is 249 g/mol. The van der Waals surface area contributed by atoms with Gasteiger partial charge in [-0.25, -0.2) is 0 Å². The predicted molar refractivity (Wildman–Crippen MR) is 68.7 cm³/mol. The lowest BCUT2D eigenvalue weighted by atomic mass is 9.97. The van der Waals surface area contributed by atoms with E-state index in [1.807, 2.05) is 36.9 Å². The lowest BCUT2D eigenvalue weighted by Gasteiger charge is -2.32. The molecular formula is C14H19NO3. The van der Waals surface area contributed by atoms with Crippen molar-refractivity contribution >= 4 is 5.97 Å². The summed E-state index contributed by atoms with van der Waals surface area (Å²) in [6, 6.07) is 5.41. The highest BCUT2D eigenvalue weighted by Crippen LogP contribution is 2.26. The first-order valence-electron chi connectivity index (χ1n) is 6.21. The topological polar surface area (TPSA) is 49.8 Å². The summed E-state index contributed by atoms with van der Waals surface area (Å²) in [6.07, 6.45) is 0. The van der Waals surface area contributed by atoms with Crippen molar-refractivity contribution in [2.24, 2.45) is 0 Å². The lowest BCUT2D eigenvalue weighted by molar-refractivity contribution is -0.145. The molecule has 1 N–H and O–H groups in total. The Bertz CT molecular complexity index is 439. The molecule has 1 unspecified atom stereocenters. The van der Waals surface area contributed by atoms with Gasteiger partial charge in [-0.15, -0.1) is 0 Å². The van der Waals surface area contributed by atoms with Gasteiger partial charge in [0.1, 0.15) is 6.04 Å². The normalized spacial score (nSPS) is 18.6. The van der Waals surface area contributed by atoms with Gasteiger partial charge in [-0.05, 0) is 25.0 Å². The monoisotopic (exact) mass is 249 g/mol. The van der Waals surface area contributed by atoms with E-state index in [1.165, 1.54) is 0 Å². The maximum absolute atomic E-state index is 11.6. The third-order valence-corrected chi connectivity index (χ3v) is 3.37. The molecule has 0 amide bonds. The van der Waals surface area contributed by atoms with Crippen LogP contribution in [-0.2, 0) is 9.53 Å². The third-order valence-electron chi connectivity index (χ3n) is 3.37. The van der Waals surface area contributed by atoms with Crippen molar-refractivity contribution in [2.45, 2.75) is 19.9 Å². The number of aliphatic carboxylic acids is 1. The largest absolute Gasteiger partial charge is 0.480 e. The molecule has 0 radical (unpaired) electrons.